The lowest BCUT2D eigenvalue weighted by atomic mass is 9.83. The van der Waals surface area contributed by atoms with E-state index in [9.17, 15) is 33.6 Å². The quantitative estimate of drug-likeness (QED) is 0.227. The lowest BCUT2D eigenvalue weighted by Gasteiger charge is -2.50. The van der Waals surface area contributed by atoms with Gasteiger partial charge in [-0.05, 0) is 19.9 Å². The van der Waals surface area contributed by atoms with Gasteiger partial charge in [-0.3, -0.25) is 24.2 Å². The monoisotopic (exact) mass is 719 g/mol. The molecule has 254 valence electrons. The van der Waals surface area contributed by atoms with Gasteiger partial charge in [0.05, 0.1) is 46.7 Å². The maximum atomic E-state index is 14.3. The van der Waals surface area contributed by atoms with Crippen molar-refractivity contribution in [2.45, 2.75) is 36.3 Å². The van der Waals surface area contributed by atoms with Crippen LogP contribution in [0.5, 0.6) is 5.88 Å². The highest BCUT2D eigenvalue weighted by molar-refractivity contribution is 8.26. The highest BCUT2D eigenvalue weighted by Gasteiger charge is 2.62. The SMILES string of the molecule is COC(=O)C1=C(C(=O)OC)SC2(S1)C(C(=O)OC)=C(C(=O)OC)SC1=C2c2ccnc(OC)c2N(C(=O)CN2C(=O)CCC2=O)C1(C)C. The maximum absolute atomic E-state index is 14.3. The first-order valence-corrected chi connectivity index (χ1v) is 16.5. The summed E-state index contributed by atoms with van der Waals surface area (Å²) in [4.78, 5) is 99.2. The predicted molar refractivity (Wildman–Crippen MR) is 173 cm³/mol. The van der Waals surface area contributed by atoms with Crippen LogP contribution in [0.1, 0.15) is 32.3 Å². The number of fused-ring (bicyclic) bond motifs is 3. The van der Waals surface area contributed by atoms with E-state index in [1.807, 2.05) is 0 Å². The summed E-state index contributed by atoms with van der Waals surface area (Å²) in [6.07, 6.45) is 1.34. The molecule has 0 unspecified atom stereocenters. The van der Waals surface area contributed by atoms with Crippen molar-refractivity contribution < 1.29 is 57.2 Å². The van der Waals surface area contributed by atoms with Crippen LogP contribution in [0.15, 0.2) is 37.5 Å². The average molecular weight is 720 g/mol. The third kappa shape index (κ3) is 5.25. The highest BCUT2D eigenvalue weighted by Crippen LogP contribution is 2.71. The normalized spacial score (nSPS) is 19.3. The zero-order valence-corrected chi connectivity index (χ0v) is 29.2. The predicted octanol–water partition coefficient (Wildman–Crippen LogP) is 2.16. The second kappa shape index (κ2) is 13.0. The minimum absolute atomic E-state index is 0.0237. The van der Waals surface area contributed by atoms with E-state index in [1.165, 1.54) is 18.2 Å². The molecule has 48 heavy (non-hydrogen) atoms. The number of hydrogen-bond donors (Lipinski definition) is 0. The van der Waals surface area contributed by atoms with E-state index in [0.29, 0.717) is 10.5 Å². The largest absolute Gasteiger partial charge is 0.479 e. The number of methoxy groups -OCH3 is 5. The number of pyridine rings is 1. The van der Waals surface area contributed by atoms with Crippen molar-refractivity contribution in [3.05, 3.63) is 43.0 Å². The summed E-state index contributed by atoms with van der Waals surface area (Å²) in [5, 5.41) is 0. The first-order valence-electron chi connectivity index (χ1n) is 14.1. The van der Waals surface area contributed by atoms with Crippen LogP contribution in [-0.2, 0) is 52.5 Å². The Morgan fingerprint density at radius 3 is 1.83 bits per heavy atom. The van der Waals surface area contributed by atoms with Crippen LogP contribution in [0.2, 0.25) is 0 Å². The summed E-state index contributed by atoms with van der Waals surface area (Å²) >= 11 is 2.38. The second-order valence-electron chi connectivity index (χ2n) is 10.8. The summed E-state index contributed by atoms with van der Waals surface area (Å²) in [5.41, 5.74) is -0.959. The number of carbonyl (C=O) groups excluding carboxylic acids is 7. The summed E-state index contributed by atoms with van der Waals surface area (Å²) in [6.45, 7) is 2.72. The van der Waals surface area contributed by atoms with Gasteiger partial charge in [0.25, 0.3) is 0 Å². The lowest BCUT2D eigenvalue weighted by Crippen LogP contribution is -2.56. The summed E-state index contributed by atoms with van der Waals surface area (Å²) < 4.78 is 24.1. The fourth-order valence-electron chi connectivity index (χ4n) is 5.81. The minimum atomic E-state index is -1.81. The van der Waals surface area contributed by atoms with Crippen LogP contribution in [-0.4, -0.2) is 103 Å². The van der Waals surface area contributed by atoms with Crippen LogP contribution in [0.4, 0.5) is 5.69 Å². The van der Waals surface area contributed by atoms with Crippen molar-refractivity contribution in [3.8, 4) is 5.88 Å². The molecule has 0 aliphatic carbocycles. The summed E-state index contributed by atoms with van der Waals surface area (Å²) in [6, 6.07) is 1.55. The highest BCUT2D eigenvalue weighted by atomic mass is 32.2. The Labute approximate surface area is 286 Å². The Morgan fingerprint density at radius 2 is 1.33 bits per heavy atom. The Morgan fingerprint density at radius 1 is 0.812 bits per heavy atom. The van der Waals surface area contributed by atoms with Crippen molar-refractivity contribution in [2.24, 2.45) is 0 Å². The molecule has 1 fully saturated rings. The Kier molecular flexibility index (Phi) is 9.46. The van der Waals surface area contributed by atoms with Crippen LogP contribution in [0.25, 0.3) is 5.57 Å². The molecule has 1 aromatic rings. The molecule has 1 aromatic heterocycles. The molecule has 5 rings (SSSR count). The van der Waals surface area contributed by atoms with Gasteiger partial charge in [0, 0.05) is 35.1 Å². The van der Waals surface area contributed by atoms with Gasteiger partial charge < -0.3 is 23.7 Å². The van der Waals surface area contributed by atoms with Crippen LogP contribution < -0.4 is 9.64 Å². The van der Waals surface area contributed by atoms with Crippen molar-refractivity contribution in [1.29, 1.82) is 0 Å². The molecule has 18 heteroatoms. The van der Waals surface area contributed by atoms with E-state index in [4.69, 9.17) is 23.7 Å². The molecular weight excluding hydrogens is 691 g/mol. The zero-order valence-electron chi connectivity index (χ0n) is 26.7. The Hall–Kier alpha value is -4.29. The van der Waals surface area contributed by atoms with Gasteiger partial charge in [0.2, 0.25) is 23.6 Å². The van der Waals surface area contributed by atoms with E-state index in [-0.39, 0.29) is 50.3 Å². The fraction of sp³-hybridized carbons (Fsp3) is 0.400. The molecule has 3 amide bonds. The number of amides is 3. The first-order chi connectivity index (χ1) is 22.7. The molecule has 1 spiro atoms. The van der Waals surface area contributed by atoms with Crippen LogP contribution >= 0.6 is 35.3 Å². The number of likely N-dealkylation sites (tertiary alicyclic amines) is 1. The van der Waals surface area contributed by atoms with Gasteiger partial charge in [-0.15, -0.1) is 0 Å². The van der Waals surface area contributed by atoms with Crippen molar-refractivity contribution >= 4 is 88.1 Å². The molecule has 1 saturated heterocycles. The summed E-state index contributed by atoms with van der Waals surface area (Å²) in [7, 11) is 5.80. The van der Waals surface area contributed by atoms with Gasteiger partial charge in [0.15, 0.2) is 0 Å². The number of rotatable bonds is 7. The molecule has 4 aliphatic rings. The van der Waals surface area contributed by atoms with Crippen molar-refractivity contribution in [2.75, 3.05) is 47.0 Å². The molecule has 0 aromatic carbocycles. The molecule has 5 heterocycles. The lowest BCUT2D eigenvalue weighted by molar-refractivity contribution is -0.142. The molecular formula is C30H29N3O12S3. The van der Waals surface area contributed by atoms with Gasteiger partial charge >= 0.3 is 23.9 Å². The molecule has 0 saturated carbocycles. The average Bonchev–Trinajstić information content (AvgIpc) is 3.62. The molecule has 0 radical (unpaired) electrons. The van der Waals surface area contributed by atoms with Gasteiger partial charge in [0.1, 0.15) is 31.0 Å². The number of thioether (sulfide) groups is 3. The third-order valence-corrected chi connectivity index (χ3v) is 12.6. The van der Waals surface area contributed by atoms with Crippen LogP contribution in [0.3, 0.4) is 0 Å². The fourth-order valence-corrected chi connectivity index (χ4v) is 10.9. The van der Waals surface area contributed by atoms with Gasteiger partial charge in [-0.2, -0.15) is 0 Å². The molecule has 4 aliphatic heterocycles. The number of ether oxygens (including phenoxy) is 5. The molecule has 0 N–H and O–H groups in total. The number of aromatic nitrogens is 1. The molecule has 15 nitrogen and oxygen atoms in total. The van der Waals surface area contributed by atoms with Gasteiger partial charge in [-0.1, -0.05) is 35.3 Å². The van der Waals surface area contributed by atoms with E-state index >= 15 is 0 Å². The Bertz CT molecular complexity index is 1750. The Balaban J connectivity index is 1.86. The third-order valence-electron chi connectivity index (χ3n) is 7.91. The molecule has 0 atom stereocenters. The van der Waals surface area contributed by atoms with Gasteiger partial charge in [-0.25, -0.2) is 24.2 Å². The number of imide groups is 1. The van der Waals surface area contributed by atoms with Crippen molar-refractivity contribution in [1.82, 2.24) is 9.88 Å². The smallest absolute Gasteiger partial charge is 0.345 e. The zero-order chi connectivity index (χ0) is 35.3. The first kappa shape index (κ1) is 35.0. The van der Waals surface area contributed by atoms with E-state index < -0.39 is 57.8 Å². The van der Waals surface area contributed by atoms with Crippen LogP contribution in [0, 0.1) is 0 Å². The second-order valence-corrected chi connectivity index (χ2v) is 14.6. The maximum Gasteiger partial charge on any atom is 0.345 e. The minimum Gasteiger partial charge on any atom is -0.479 e. The summed E-state index contributed by atoms with van der Waals surface area (Å²) in [5.74, 6) is -5.40. The topological polar surface area (TPSA) is 185 Å². The molecule has 0 bridgehead atoms. The number of esters is 4. The van der Waals surface area contributed by atoms with E-state index in [2.05, 4.69) is 4.98 Å². The van der Waals surface area contributed by atoms with E-state index in [0.717, 1.165) is 68.6 Å². The number of hydrogen-bond acceptors (Lipinski definition) is 16. The van der Waals surface area contributed by atoms with E-state index in [1.54, 1.807) is 19.9 Å². The number of nitrogens with zero attached hydrogens (tertiary/aromatic N) is 3. The number of anilines is 1. The number of carbonyl (C=O) groups is 7. The van der Waals surface area contributed by atoms with Crippen molar-refractivity contribution in [3.63, 3.8) is 0 Å². The standard InChI is InChI=1S/C30H29N3O12S3/c1-29(2)23-17(13-10-11-31-24(41-3)19(13)33(29)16(36)12-32-14(34)8-9-15(32)35)30(18(25(37)42-4)20(46-23)26(38)43-5)47-21(27(39)44-6)22(48-30)28(40)45-7/h10-11H,8-9,12H2,1-7H3.